The molecule has 1 rings (SSSR count). The largest absolute Gasteiger partial charge is 0.491 e. The van der Waals surface area contributed by atoms with Gasteiger partial charge < -0.3 is 15.8 Å². The van der Waals surface area contributed by atoms with Crippen LogP contribution in [0, 0.1) is 5.92 Å². The first-order valence-electron chi connectivity index (χ1n) is 7.25. The molecule has 0 fully saturated rings. The number of ether oxygens (including phenoxy) is 1. The maximum atomic E-state index is 11.9. The van der Waals surface area contributed by atoms with E-state index in [9.17, 15) is 4.79 Å². The molecule has 0 saturated heterocycles. The number of nitrogens with one attached hydrogen (secondary N) is 1. The van der Waals surface area contributed by atoms with Crippen molar-refractivity contribution < 1.29 is 9.53 Å². The van der Waals surface area contributed by atoms with Crippen LogP contribution in [0.5, 0.6) is 5.75 Å². The Labute approximate surface area is 133 Å². The number of anilines is 1. The summed E-state index contributed by atoms with van der Waals surface area (Å²) in [5, 5.41) is 2.82. The van der Waals surface area contributed by atoms with Crippen LogP contribution in [0.2, 0.25) is 0 Å². The molecule has 0 aliphatic carbocycles. The van der Waals surface area contributed by atoms with Crippen LogP contribution in [-0.4, -0.2) is 18.1 Å². The molecule has 1 aromatic carbocycles. The van der Waals surface area contributed by atoms with E-state index in [2.05, 4.69) is 12.2 Å². The third-order valence-electron chi connectivity index (χ3n) is 3.10. The fraction of sp³-hybridized carbons (Fsp3) is 0.562. The maximum Gasteiger partial charge on any atom is 0.241 e. The Morgan fingerprint density at radius 2 is 1.81 bits per heavy atom. The lowest BCUT2D eigenvalue weighted by Gasteiger charge is -2.15. The summed E-state index contributed by atoms with van der Waals surface area (Å²) < 4.78 is 5.69. The van der Waals surface area contributed by atoms with E-state index in [0.29, 0.717) is 12.3 Å². The lowest BCUT2D eigenvalue weighted by molar-refractivity contribution is -0.117. The molecule has 0 aliphatic rings. The van der Waals surface area contributed by atoms with Crippen LogP contribution in [0.25, 0.3) is 0 Å². The fourth-order valence-electron chi connectivity index (χ4n) is 1.78. The van der Waals surface area contributed by atoms with Gasteiger partial charge in [-0.1, -0.05) is 20.8 Å². The minimum Gasteiger partial charge on any atom is -0.491 e. The topological polar surface area (TPSA) is 64.3 Å². The molecule has 1 amide bonds. The summed E-state index contributed by atoms with van der Waals surface area (Å²) in [6.07, 6.45) is 1.83. The van der Waals surface area contributed by atoms with Gasteiger partial charge in [-0.15, -0.1) is 12.4 Å². The molecule has 0 spiro atoms. The Kier molecular flexibility index (Phi) is 9.06. The number of rotatable bonds is 7. The molecule has 0 bridgehead atoms. The molecule has 0 radical (unpaired) electrons. The summed E-state index contributed by atoms with van der Waals surface area (Å²) in [7, 11) is 0. The Morgan fingerprint density at radius 3 is 2.29 bits per heavy atom. The molecule has 5 heteroatoms. The number of hydrogen-bond donors (Lipinski definition) is 2. The smallest absolute Gasteiger partial charge is 0.241 e. The zero-order valence-corrected chi connectivity index (χ0v) is 14.1. The Hall–Kier alpha value is -1.26. The minimum atomic E-state index is -0.467. The number of hydrogen-bond acceptors (Lipinski definition) is 3. The van der Waals surface area contributed by atoms with Gasteiger partial charge in [0.15, 0.2) is 0 Å². The predicted molar refractivity (Wildman–Crippen MR) is 90.1 cm³/mol. The van der Waals surface area contributed by atoms with Crippen molar-refractivity contribution in [3.8, 4) is 5.75 Å². The quantitative estimate of drug-likeness (QED) is 0.808. The highest BCUT2D eigenvalue weighted by atomic mass is 35.5. The second-order valence-corrected chi connectivity index (χ2v) is 5.59. The third kappa shape index (κ3) is 7.34. The van der Waals surface area contributed by atoms with Crippen molar-refractivity contribution in [2.24, 2.45) is 11.7 Å². The van der Waals surface area contributed by atoms with Gasteiger partial charge in [0, 0.05) is 5.69 Å². The summed E-state index contributed by atoms with van der Waals surface area (Å²) in [4.78, 5) is 11.9. The van der Waals surface area contributed by atoms with E-state index in [-0.39, 0.29) is 24.4 Å². The van der Waals surface area contributed by atoms with Crippen LogP contribution in [0.4, 0.5) is 5.69 Å². The lowest BCUT2D eigenvalue weighted by Crippen LogP contribution is -2.36. The van der Waals surface area contributed by atoms with E-state index in [4.69, 9.17) is 10.5 Å². The van der Waals surface area contributed by atoms with Crippen molar-refractivity contribution in [1.82, 2.24) is 0 Å². The van der Waals surface area contributed by atoms with Crippen molar-refractivity contribution in [1.29, 1.82) is 0 Å². The monoisotopic (exact) mass is 314 g/mol. The molecule has 0 aliphatic heterocycles. The van der Waals surface area contributed by atoms with Gasteiger partial charge in [0.2, 0.25) is 5.91 Å². The summed E-state index contributed by atoms with van der Waals surface area (Å²) in [5.41, 5.74) is 6.58. The highest BCUT2D eigenvalue weighted by Gasteiger charge is 2.15. The Bertz CT molecular complexity index is 421. The molecular weight excluding hydrogens is 288 g/mol. The SMILES string of the molecule is CCC(C)Oc1ccc(NC(=O)[C@@H](N)CC(C)C)cc1.Cl. The van der Waals surface area contributed by atoms with E-state index in [1.54, 1.807) is 0 Å². The fourth-order valence-corrected chi connectivity index (χ4v) is 1.78. The summed E-state index contributed by atoms with van der Waals surface area (Å²) >= 11 is 0. The standard InChI is InChI=1S/C16H26N2O2.ClH/c1-5-12(4)20-14-8-6-13(7-9-14)18-16(19)15(17)10-11(2)3;/h6-9,11-12,15H,5,10,17H2,1-4H3,(H,18,19);1H/t12?,15-;/m0./s1. The van der Waals surface area contributed by atoms with Crippen LogP contribution in [-0.2, 0) is 4.79 Å². The first-order valence-corrected chi connectivity index (χ1v) is 7.25. The van der Waals surface area contributed by atoms with Gasteiger partial charge in [0.25, 0.3) is 0 Å². The average molecular weight is 315 g/mol. The number of benzene rings is 1. The molecule has 3 N–H and O–H groups in total. The average Bonchev–Trinajstić information content (AvgIpc) is 2.40. The molecule has 0 saturated carbocycles. The van der Waals surface area contributed by atoms with Crippen molar-refractivity contribution in [2.45, 2.75) is 52.7 Å². The third-order valence-corrected chi connectivity index (χ3v) is 3.10. The Balaban J connectivity index is 0.00000400. The molecule has 0 heterocycles. The van der Waals surface area contributed by atoms with Gasteiger partial charge in [0.05, 0.1) is 12.1 Å². The van der Waals surface area contributed by atoms with Crippen molar-refractivity contribution >= 4 is 24.0 Å². The second-order valence-electron chi connectivity index (χ2n) is 5.59. The van der Waals surface area contributed by atoms with E-state index in [0.717, 1.165) is 17.9 Å². The van der Waals surface area contributed by atoms with Crippen LogP contribution >= 0.6 is 12.4 Å². The van der Waals surface area contributed by atoms with Crippen molar-refractivity contribution in [3.63, 3.8) is 0 Å². The number of nitrogens with two attached hydrogens (primary N) is 1. The summed E-state index contributed by atoms with van der Waals surface area (Å²) in [6, 6.07) is 6.91. The zero-order chi connectivity index (χ0) is 15.1. The maximum absolute atomic E-state index is 11.9. The number of carbonyl (C=O) groups excluding carboxylic acids is 1. The Morgan fingerprint density at radius 1 is 1.24 bits per heavy atom. The van der Waals surface area contributed by atoms with Crippen LogP contribution < -0.4 is 15.8 Å². The predicted octanol–water partition coefficient (Wildman–Crippen LogP) is 3.60. The number of halogens is 1. The molecule has 1 aromatic rings. The molecule has 2 atom stereocenters. The second kappa shape index (κ2) is 9.64. The summed E-state index contributed by atoms with van der Waals surface area (Å²) in [5.74, 6) is 1.07. The molecule has 1 unspecified atom stereocenters. The zero-order valence-electron chi connectivity index (χ0n) is 13.3. The normalized spacial score (nSPS) is 13.2. The van der Waals surface area contributed by atoms with Gasteiger partial charge in [0.1, 0.15) is 5.75 Å². The van der Waals surface area contributed by atoms with Gasteiger partial charge >= 0.3 is 0 Å². The number of amides is 1. The molecule has 4 nitrogen and oxygen atoms in total. The first kappa shape index (κ1) is 19.7. The highest BCUT2D eigenvalue weighted by molar-refractivity contribution is 5.94. The highest BCUT2D eigenvalue weighted by Crippen LogP contribution is 2.18. The van der Waals surface area contributed by atoms with E-state index >= 15 is 0 Å². The van der Waals surface area contributed by atoms with Crippen LogP contribution in [0.1, 0.15) is 40.5 Å². The van der Waals surface area contributed by atoms with Gasteiger partial charge in [-0.3, -0.25) is 4.79 Å². The first-order chi connectivity index (χ1) is 9.42. The minimum absolute atomic E-state index is 0. The molecule has 21 heavy (non-hydrogen) atoms. The van der Waals surface area contributed by atoms with Crippen LogP contribution in [0.15, 0.2) is 24.3 Å². The molecule has 0 aromatic heterocycles. The van der Waals surface area contributed by atoms with Crippen molar-refractivity contribution in [2.75, 3.05) is 5.32 Å². The van der Waals surface area contributed by atoms with E-state index in [1.165, 1.54) is 0 Å². The number of carbonyl (C=O) groups is 1. The lowest BCUT2D eigenvalue weighted by atomic mass is 10.0. The molecular formula is C16H27ClN2O2. The van der Waals surface area contributed by atoms with Gasteiger partial charge in [-0.2, -0.15) is 0 Å². The van der Waals surface area contributed by atoms with Crippen LogP contribution in [0.3, 0.4) is 0 Å². The van der Waals surface area contributed by atoms with E-state index < -0.39 is 6.04 Å². The van der Waals surface area contributed by atoms with E-state index in [1.807, 2.05) is 45.0 Å². The molecule has 120 valence electrons. The van der Waals surface area contributed by atoms with Crippen molar-refractivity contribution in [3.05, 3.63) is 24.3 Å². The van der Waals surface area contributed by atoms with Gasteiger partial charge in [-0.05, 0) is 49.9 Å². The van der Waals surface area contributed by atoms with Gasteiger partial charge in [-0.25, -0.2) is 0 Å². The summed E-state index contributed by atoms with van der Waals surface area (Å²) in [6.45, 7) is 8.21.